The number of carbonyl (C=O) groups excluding carboxylic acids is 2. The van der Waals surface area contributed by atoms with Crippen LogP contribution in [0.2, 0.25) is 0 Å². The van der Waals surface area contributed by atoms with Crippen molar-refractivity contribution in [3.8, 4) is 5.69 Å². The summed E-state index contributed by atoms with van der Waals surface area (Å²) in [4.78, 5) is 38.7. The second-order valence-corrected chi connectivity index (χ2v) is 6.50. The molecule has 0 saturated carbocycles. The average Bonchev–Trinajstić information content (AvgIpc) is 2.99. The fraction of sp³-hybridized carbons (Fsp3) is 0.263. The molecule has 0 aliphatic heterocycles. The molecular weight excluding hydrogens is 374 g/mol. The van der Waals surface area contributed by atoms with Crippen molar-refractivity contribution in [2.75, 3.05) is 24.7 Å². The van der Waals surface area contributed by atoms with Crippen LogP contribution in [-0.2, 0) is 16.1 Å². The Hall–Kier alpha value is -3.82. The van der Waals surface area contributed by atoms with E-state index >= 15 is 0 Å². The molecule has 0 aliphatic rings. The van der Waals surface area contributed by atoms with Crippen LogP contribution in [0.15, 0.2) is 30.3 Å². The number of hydrogen-bond donors (Lipinski definition) is 1. The first kappa shape index (κ1) is 19.9. The van der Waals surface area contributed by atoms with E-state index < -0.39 is 11.8 Å². The number of nitrogens with two attached hydrogens (primary N) is 1. The number of aryl methyl sites for hydroxylation is 1. The smallest absolute Gasteiger partial charge is 0.380 e. The monoisotopic (exact) mass is 395 g/mol. The number of anilines is 2. The molecule has 3 rings (SSSR count). The van der Waals surface area contributed by atoms with Gasteiger partial charge in [0.15, 0.2) is 12.4 Å². The van der Waals surface area contributed by atoms with Gasteiger partial charge in [0.1, 0.15) is 0 Å². The second kappa shape index (κ2) is 8.05. The highest BCUT2D eigenvalue weighted by Crippen LogP contribution is 2.19. The van der Waals surface area contributed by atoms with Gasteiger partial charge in [-0.2, -0.15) is 20.1 Å². The molecule has 0 amide bonds. The Kier molecular flexibility index (Phi) is 5.53. The van der Waals surface area contributed by atoms with Crippen molar-refractivity contribution in [3.63, 3.8) is 0 Å². The standard InChI is InChI=1S/C19H21N7O3/c1-11-15(12(2)26(24-11)13-8-6-5-7-9-13)16(27)17(28)29-10-14-21-18(20)23-19(22-14)25(3)4/h5-9H,10H2,1-4H3,(H2,20,21,22,23). The van der Waals surface area contributed by atoms with Crippen molar-refractivity contribution in [1.29, 1.82) is 0 Å². The zero-order valence-electron chi connectivity index (χ0n) is 16.6. The highest BCUT2D eigenvalue weighted by molar-refractivity contribution is 6.41. The lowest BCUT2D eigenvalue weighted by Gasteiger charge is -2.11. The lowest BCUT2D eigenvalue weighted by atomic mass is 10.1. The van der Waals surface area contributed by atoms with Gasteiger partial charge in [-0.3, -0.25) is 4.79 Å². The summed E-state index contributed by atoms with van der Waals surface area (Å²) in [6, 6.07) is 9.33. The van der Waals surface area contributed by atoms with Crippen LogP contribution in [0.3, 0.4) is 0 Å². The molecule has 29 heavy (non-hydrogen) atoms. The molecule has 10 nitrogen and oxygen atoms in total. The zero-order valence-corrected chi connectivity index (χ0v) is 16.6. The van der Waals surface area contributed by atoms with Gasteiger partial charge in [-0.1, -0.05) is 18.2 Å². The van der Waals surface area contributed by atoms with Crippen molar-refractivity contribution < 1.29 is 14.3 Å². The largest absolute Gasteiger partial charge is 0.451 e. The highest BCUT2D eigenvalue weighted by atomic mass is 16.5. The Morgan fingerprint density at radius 1 is 1.10 bits per heavy atom. The van der Waals surface area contributed by atoms with Crippen LogP contribution in [0.4, 0.5) is 11.9 Å². The maximum absolute atomic E-state index is 12.7. The van der Waals surface area contributed by atoms with Gasteiger partial charge in [-0.15, -0.1) is 0 Å². The summed E-state index contributed by atoms with van der Waals surface area (Å²) in [6.45, 7) is 3.09. The van der Waals surface area contributed by atoms with Gasteiger partial charge in [0.2, 0.25) is 11.9 Å². The molecule has 1 aromatic carbocycles. The van der Waals surface area contributed by atoms with Crippen LogP contribution in [0.5, 0.6) is 0 Å². The molecule has 0 unspecified atom stereocenters. The third-order valence-electron chi connectivity index (χ3n) is 4.12. The number of rotatable bonds is 6. The summed E-state index contributed by atoms with van der Waals surface area (Å²) in [5.74, 6) is -1.33. The van der Waals surface area contributed by atoms with Crippen LogP contribution in [0.25, 0.3) is 5.69 Å². The molecule has 0 fully saturated rings. The van der Waals surface area contributed by atoms with E-state index in [0.29, 0.717) is 17.3 Å². The first-order chi connectivity index (χ1) is 13.8. The van der Waals surface area contributed by atoms with E-state index in [4.69, 9.17) is 10.5 Å². The van der Waals surface area contributed by atoms with E-state index in [1.807, 2.05) is 30.3 Å². The number of ether oxygens (including phenoxy) is 1. The summed E-state index contributed by atoms with van der Waals surface area (Å²) in [7, 11) is 3.48. The summed E-state index contributed by atoms with van der Waals surface area (Å²) in [6.07, 6.45) is 0. The van der Waals surface area contributed by atoms with Crippen LogP contribution in [0, 0.1) is 13.8 Å². The molecule has 2 aromatic heterocycles. The lowest BCUT2D eigenvalue weighted by Crippen LogP contribution is -2.21. The van der Waals surface area contributed by atoms with Gasteiger partial charge in [-0.25, -0.2) is 9.48 Å². The molecule has 10 heteroatoms. The van der Waals surface area contributed by atoms with Gasteiger partial charge in [0.05, 0.1) is 22.6 Å². The number of ketones is 1. The molecule has 0 aliphatic carbocycles. The molecule has 2 N–H and O–H groups in total. The van der Waals surface area contributed by atoms with Crippen molar-refractivity contribution in [2.45, 2.75) is 20.5 Å². The second-order valence-electron chi connectivity index (χ2n) is 6.50. The van der Waals surface area contributed by atoms with Gasteiger partial charge < -0.3 is 15.4 Å². The average molecular weight is 395 g/mol. The Balaban J connectivity index is 1.78. The van der Waals surface area contributed by atoms with Crippen molar-refractivity contribution in [1.82, 2.24) is 24.7 Å². The van der Waals surface area contributed by atoms with Crippen LogP contribution >= 0.6 is 0 Å². The minimum atomic E-state index is -1.02. The predicted molar refractivity (Wildman–Crippen MR) is 106 cm³/mol. The van der Waals surface area contributed by atoms with Gasteiger partial charge in [-0.05, 0) is 26.0 Å². The molecule has 150 valence electrons. The van der Waals surface area contributed by atoms with Gasteiger partial charge in [0, 0.05) is 14.1 Å². The van der Waals surface area contributed by atoms with Crippen molar-refractivity contribution in [2.24, 2.45) is 0 Å². The number of benzene rings is 1. The topological polar surface area (TPSA) is 129 Å². The van der Waals surface area contributed by atoms with E-state index in [-0.39, 0.29) is 23.9 Å². The summed E-state index contributed by atoms with van der Waals surface area (Å²) in [5, 5.41) is 4.38. The third kappa shape index (κ3) is 4.21. The number of nitrogen functional groups attached to an aromatic ring is 1. The summed E-state index contributed by atoms with van der Waals surface area (Å²) in [5.41, 5.74) is 7.63. The normalized spacial score (nSPS) is 10.6. The van der Waals surface area contributed by atoms with E-state index in [2.05, 4.69) is 20.1 Å². The fourth-order valence-corrected chi connectivity index (χ4v) is 2.78. The number of esters is 1. The molecule has 0 bridgehead atoms. The molecule has 0 saturated heterocycles. The Morgan fingerprint density at radius 2 is 1.79 bits per heavy atom. The maximum atomic E-state index is 12.7. The zero-order chi connectivity index (χ0) is 21.1. The van der Waals surface area contributed by atoms with Crippen LogP contribution in [0.1, 0.15) is 27.6 Å². The van der Waals surface area contributed by atoms with E-state index in [0.717, 1.165) is 5.69 Å². The third-order valence-corrected chi connectivity index (χ3v) is 4.12. The van der Waals surface area contributed by atoms with Crippen molar-refractivity contribution >= 4 is 23.6 Å². The summed E-state index contributed by atoms with van der Waals surface area (Å²) >= 11 is 0. The molecule has 0 radical (unpaired) electrons. The molecular formula is C19H21N7O3. The van der Waals surface area contributed by atoms with E-state index in [1.165, 1.54) is 0 Å². The van der Waals surface area contributed by atoms with Crippen molar-refractivity contribution in [3.05, 3.63) is 53.1 Å². The Morgan fingerprint density at radius 3 is 2.45 bits per heavy atom. The number of aromatic nitrogens is 5. The maximum Gasteiger partial charge on any atom is 0.380 e. The molecule has 0 atom stereocenters. The Bertz CT molecular complexity index is 1060. The number of nitrogens with zero attached hydrogens (tertiary/aromatic N) is 6. The molecule has 0 spiro atoms. The van der Waals surface area contributed by atoms with E-state index in [1.54, 1.807) is 37.5 Å². The number of carbonyl (C=O) groups is 2. The van der Waals surface area contributed by atoms with E-state index in [9.17, 15) is 9.59 Å². The van der Waals surface area contributed by atoms with Crippen LogP contribution < -0.4 is 10.6 Å². The minimum Gasteiger partial charge on any atom is -0.451 e. The predicted octanol–water partition coefficient (Wildman–Crippen LogP) is 1.25. The highest BCUT2D eigenvalue weighted by Gasteiger charge is 2.26. The number of Topliss-reactive ketones (excluding diaryl/α,β-unsaturated/α-hetero) is 1. The number of hydrogen-bond acceptors (Lipinski definition) is 9. The first-order valence-electron chi connectivity index (χ1n) is 8.78. The van der Waals surface area contributed by atoms with Gasteiger partial charge in [0.25, 0.3) is 5.78 Å². The molecule has 2 heterocycles. The lowest BCUT2D eigenvalue weighted by molar-refractivity contribution is -0.139. The Labute approximate surface area is 167 Å². The fourth-order valence-electron chi connectivity index (χ4n) is 2.78. The van der Waals surface area contributed by atoms with Gasteiger partial charge >= 0.3 is 5.97 Å². The first-order valence-corrected chi connectivity index (χ1v) is 8.78. The summed E-state index contributed by atoms with van der Waals surface area (Å²) < 4.78 is 6.72. The number of para-hydroxylation sites is 1. The SMILES string of the molecule is Cc1nn(-c2ccccc2)c(C)c1C(=O)C(=O)OCc1nc(N)nc(N(C)C)n1. The molecule has 3 aromatic rings. The minimum absolute atomic E-state index is 0.00287. The van der Waals surface area contributed by atoms with Crippen LogP contribution in [-0.4, -0.2) is 50.6 Å². The quantitative estimate of drug-likeness (QED) is 0.372.